The normalized spacial score (nSPS) is 13.1. The second kappa shape index (κ2) is 21.0. The average Bonchev–Trinajstić information content (AvgIpc) is 1.55. The maximum absolute atomic E-state index is 2.56. The lowest BCUT2D eigenvalue weighted by molar-refractivity contribution is 1.28. The lowest BCUT2D eigenvalue weighted by Gasteiger charge is -2.14. The van der Waals surface area contributed by atoms with Crippen LogP contribution in [0.2, 0.25) is 0 Å². The van der Waals surface area contributed by atoms with E-state index in [2.05, 4.69) is 277 Å². The standard InChI is InChI=1S/C50H36S2.C42H32S2/c1-25-15-27(3)43(28(4)16-25)45-37-21-31-19-34-24-40-38(22-32(34)20-33(31)23-39(37)49-47(45)35-11-7-9-13-41(35)51-49)46(44-29(5)17-26(2)18-30(44)6)48-36-12-8-10-14-42(36)52-50(40)48;1-21-15-23(3)35(24(4)16-21)37-29-19-32-30(20-31(29)41-39(37)27-11-7-9-13-33(27)43-41)38(36-25(5)17-22(2)18-26(36)6)40-28-12-8-10-14-34(28)44-42(32)40/h7-24H,1-6H3;7-20H,1-6H3. The molecule has 0 spiro atoms. The molecular weight excluding hydrogens is 1230 g/mol. The maximum atomic E-state index is 2.56. The van der Waals surface area contributed by atoms with E-state index in [1.807, 2.05) is 45.3 Å². The zero-order valence-corrected chi connectivity index (χ0v) is 59.4. The third-order valence-corrected chi connectivity index (χ3v) is 26.2. The van der Waals surface area contributed by atoms with E-state index >= 15 is 0 Å². The number of fused-ring (bicyclic) bond motifs is 22. The van der Waals surface area contributed by atoms with Crippen LogP contribution in [0.5, 0.6) is 0 Å². The van der Waals surface area contributed by atoms with Gasteiger partial charge in [-0.2, -0.15) is 0 Å². The third kappa shape index (κ3) is 8.29. The van der Waals surface area contributed by atoms with Crippen molar-refractivity contribution in [3.8, 4) is 41.8 Å². The summed E-state index contributed by atoms with van der Waals surface area (Å²) >= 11 is 7.80. The van der Waals surface area contributed by atoms with Crippen LogP contribution in [0.4, 0.5) is 0 Å². The fourth-order valence-electron chi connectivity index (χ4n) is 18.1. The van der Waals surface area contributed by atoms with Crippen LogP contribution in [0.25, 0.3) is 126 Å². The van der Waals surface area contributed by atoms with Gasteiger partial charge in [-0.1, -0.05) is 144 Å². The quantitative estimate of drug-likeness (QED) is 0.154. The molecule has 16 aromatic rings. The summed E-state index contributed by atoms with van der Waals surface area (Å²) in [7, 11) is 0. The molecule has 4 aliphatic rings. The largest absolute Gasteiger partial charge is 0.135 e. The zero-order valence-electron chi connectivity index (χ0n) is 56.1. The average molecular weight is 1300 g/mol. The first-order chi connectivity index (χ1) is 46.5. The predicted octanol–water partition coefficient (Wildman–Crippen LogP) is 23.2. The second-order valence-electron chi connectivity index (χ2n) is 28.1. The Labute approximate surface area is 576 Å². The first-order valence-corrected chi connectivity index (χ1v) is 36.9. The molecule has 460 valence electrons. The Balaban J connectivity index is 0.000000137. The van der Waals surface area contributed by atoms with Crippen molar-refractivity contribution >= 4 is 130 Å². The fraction of sp³-hybridized carbons (Fsp3) is 0.130. The van der Waals surface area contributed by atoms with Gasteiger partial charge in [0.05, 0.1) is 0 Å². The van der Waals surface area contributed by atoms with Crippen LogP contribution in [0.3, 0.4) is 0 Å². The van der Waals surface area contributed by atoms with Crippen molar-refractivity contribution < 1.29 is 0 Å². The van der Waals surface area contributed by atoms with E-state index < -0.39 is 0 Å². The van der Waals surface area contributed by atoms with Crippen LogP contribution < -0.4 is 20.9 Å². The molecule has 0 fully saturated rings. The van der Waals surface area contributed by atoms with Crippen molar-refractivity contribution in [1.29, 1.82) is 0 Å². The van der Waals surface area contributed by atoms with E-state index in [1.54, 1.807) is 0 Å². The van der Waals surface area contributed by atoms with Gasteiger partial charge < -0.3 is 0 Å². The van der Waals surface area contributed by atoms with Crippen LogP contribution in [-0.4, -0.2) is 0 Å². The highest BCUT2D eigenvalue weighted by Crippen LogP contribution is 2.54. The van der Waals surface area contributed by atoms with Crippen molar-refractivity contribution in [2.24, 2.45) is 0 Å². The highest BCUT2D eigenvalue weighted by Gasteiger charge is 2.35. The summed E-state index contributed by atoms with van der Waals surface area (Å²) in [5, 5.41) is 16.2. The first-order valence-electron chi connectivity index (χ1n) is 33.7. The zero-order chi connectivity index (χ0) is 65.2. The lowest BCUT2D eigenvalue weighted by atomic mass is 9.89. The molecule has 4 heteroatoms. The molecule has 0 saturated carbocycles. The van der Waals surface area contributed by atoms with Gasteiger partial charge >= 0.3 is 0 Å². The van der Waals surface area contributed by atoms with Crippen LogP contribution in [0, 0.1) is 83.1 Å². The Morgan fingerprint density at radius 2 is 0.406 bits per heavy atom. The molecule has 0 atom stereocenters. The summed E-state index contributed by atoms with van der Waals surface area (Å²) in [5.74, 6) is 0. The topological polar surface area (TPSA) is 0 Å². The Morgan fingerprint density at radius 1 is 0.198 bits per heavy atom. The molecule has 96 heavy (non-hydrogen) atoms. The van der Waals surface area contributed by atoms with Gasteiger partial charge in [-0.05, 0) is 287 Å². The van der Waals surface area contributed by atoms with E-state index in [9.17, 15) is 0 Å². The number of aryl methyl sites for hydroxylation is 12. The summed E-state index contributed by atoms with van der Waals surface area (Å²) < 4.78 is 5.44. The number of rotatable bonds is 4. The monoisotopic (exact) mass is 1300 g/mol. The first kappa shape index (κ1) is 57.9. The number of thiophene rings is 4. The van der Waals surface area contributed by atoms with Crippen LogP contribution in [-0.2, 0) is 0 Å². The van der Waals surface area contributed by atoms with Gasteiger partial charge in [-0.15, -0.1) is 45.3 Å². The summed E-state index contributed by atoms with van der Waals surface area (Å²) in [6.07, 6.45) is 0. The summed E-state index contributed by atoms with van der Waals surface area (Å²) in [5.41, 5.74) is 38.4. The smallest absolute Gasteiger partial charge is 0.0440 e. The second-order valence-corrected chi connectivity index (χ2v) is 32.3. The summed E-state index contributed by atoms with van der Waals surface area (Å²) in [6.45, 7) is 27.2. The molecule has 0 N–H and O–H groups in total. The van der Waals surface area contributed by atoms with E-state index in [0.717, 1.165) is 0 Å². The minimum absolute atomic E-state index is 1.30. The van der Waals surface area contributed by atoms with E-state index in [4.69, 9.17) is 0 Å². The Hall–Kier alpha value is -9.52. The molecule has 0 amide bonds. The van der Waals surface area contributed by atoms with E-state index in [0.29, 0.717) is 0 Å². The Bertz CT molecular complexity index is 6080. The molecule has 0 aliphatic heterocycles. The minimum Gasteiger partial charge on any atom is -0.135 e. The molecule has 0 bridgehead atoms. The molecular formula is C92H68S4. The van der Waals surface area contributed by atoms with Crippen LogP contribution in [0.15, 0.2) is 194 Å². The van der Waals surface area contributed by atoms with Gasteiger partial charge in [0.15, 0.2) is 0 Å². The number of benzene rings is 12. The lowest BCUT2D eigenvalue weighted by Crippen LogP contribution is -2.16. The van der Waals surface area contributed by atoms with Crippen molar-refractivity contribution in [2.75, 3.05) is 0 Å². The molecule has 0 saturated heterocycles. The van der Waals surface area contributed by atoms with Gasteiger partial charge in [0.2, 0.25) is 0 Å². The summed E-state index contributed by atoms with van der Waals surface area (Å²) in [4.78, 5) is 5.63. The highest BCUT2D eigenvalue weighted by molar-refractivity contribution is 7.24. The molecule has 4 aliphatic carbocycles. The number of hydrogen-bond donors (Lipinski definition) is 0. The Kier molecular flexibility index (Phi) is 12.7. The highest BCUT2D eigenvalue weighted by atomic mass is 32.1. The van der Waals surface area contributed by atoms with Gasteiger partial charge in [0.1, 0.15) is 0 Å². The summed E-state index contributed by atoms with van der Waals surface area (Å²) in [6, 6.07) is 74.7. The van der Waals surface area contributed by atoms with Crippen molar-refractivity contribution in [3.05, 3.63) is 326 Å². The molecule has 20 rings (SSSR count). The Morgan fingerprint density at radius 3 is 0.656 bits per heavy atom. The molecule has 4 heterocycles. The van der Waals surface area contributed by atoms with Gasteiger partial charge in [-0.3, -0.25) is 0 Å². The SMILES string of the molecule is Cc1cc(C)c(C2=c3cc4c(cc3-c3sc5ccccc5c32)=C(c2c(C)cc(C)cc2C)c2c-4sc3ccccc23)c(C)c1.Cc1cc(C)c(C2=c3cc4cc5cc6c(cc5cc4cc3-c3sc4ccccc4c32)=C(c2c(C)cc(C)cc2C)c2c-6sc3ccccc23)c(C)c1. The predicted molar refractivity (Wildman–Crippen MR) is 419 cm³/mol. The van der Waals surface area contributed by atoms with Crippen LogP contribution >= 0.6 is 45.3 Å². The minimum atomic E-state index is 1.30. The molecule has 12 aromatic carbocycles. The van der Waals surface area contributed by atoms with Crippen LogP contribution in [0.1, 0.15) is 111 Å². The molecule has 4 aromatic heterocycles. The maximum Gasteiger partial charge on any atom is 0.0440 e. The van der Waals surface area contributed by atoms with Crippen molar-refractivity contribution in [3.63, 3.8) is 0 Å². The fourth-order valence-corrected chi connectivity index (χ4v) is 23.0. The van der Waals surface area contributed by atoms with Gasteiger partial charge in [-0.25, -0.2) is 0 Å². The van der Waals surface area contributed by atoms with Crippen molar-refractivity contribution in [1.82, 2.24) is 0 Å². The van der Waals surface area contributed by atoms with Gasteiger partial charge in [0.25, 0.3) is 0 Å². The molecule has 0 unspecified atom stereocenters. The van der Waals surface area contributed by atoms with Crippen molar-refractivity contribution in [2.45, 2.75) is 83.1 Å². The van der Waals surface area contributed by atoms with Gasteiger partial charge in [0, 0.05) is 104 Å². The number of hydrogen-bond acceptors (Lipinski definition) is 4. The molecule has 0 radical (unpaired) electrons. The molecule has 0 nitrogen and oxygen atoms in total. The van der Waals surface area contributed by atoms with E-state index in [-0.39, 0.29) is 0 Å². The third-order valence-electron chi connectivity index (χ3n) is 21.4. The van der Waals surface area contributed by atoms with E-state index in [1.165, 1.54) is 258 Å².